The van der Waals surface area contributed by atoms with E-state index in [0.717, 1.165) is 16.7 Å². The zero-order chi connectivity index (χ0) is 36.9. The topological polar surface area (TPSA) is 173 Å². The molecule has 1 aliphatic carbocycles. The average molecular weight is 764 g/mol. The maximum atomic E-state index is 15.1. The highest BCUT2D eigenvalue weighted by Gasteiger charge is 2.39. The Morgan fingerprint density at radius 3 is 2.63 bits per heavy atom. The first kappa shape index (κ1) is 40.8. The third kappa shape index (κ3) is 9.93. The molecule has 1 amide bonds. The number of alkyl halides is 1. The molecule has 5 atom stereocenters. The molecule has 0 bridgehead atoms. The van der Waals surface area contributed by atoms with Crippen molar-refractivity contribution in [1.82, 2.24) is 29.7 Å². The summed E-state index contributed by atoms with van der Waals surface area (Å²) in [7, 11) is 0.956. The van der Waals surface area contributed by atoms with Gasteiger partial charge in [-0.25, -0.2) is 28.6 Å². The monoisotopic (exact) mass is 763 g/mol. The number of esters is 1. The van der Waals surface area contributed by atoms with Gasteiger partial charge in [-0.3, -0.25) is 4.79 Å². The summed E-state index contributed by atoms with van der Waals surface area (Å²) in [5, 5.41) is 24.0. The van der Waals surface area contributed by atoms with Crippen molar-refractivity contribution in [2.45, 2.75) is 104 Å². The van der Waals surface area contributed by atoms with Gasteiger partial charge in [0.05, 0.1) is 24.4 Å². The number of carbonyl (C=O) groups excluding carboxylic acids is 2. The Bertz CT molecular complexity index is 1850. The van der Waals surface area contributed by atoms with Gasteiger partial charge < -0.3 is 29.4 Å². The highest BCUT2D eigenvalue weighted by atomic mass is 31.1. The number of aryl methyl sites for hydroxylation is 2. The largest absolute Gasteiger partial charge is 0.447 e. The van der Waals surface area contributed by atoms with Gasteiger partial charge >= 0.3 is 12.1 Å². The summed E-state index contributed by atoms with van der Waals surface area (Å²) in [5.41, 5.74) is 3.84. The van der Waals surface area contributed by atoms with Crippen LogP contribution in [0.15, 0.2) is 36.7 Å². The molecule has 3 heterocycles. The molecule has 3 aromatic heterocycles. The van der Waals surface area contributed by atoms with Crippen molar-refractivity contribution < 1.29 is 42.6 Å². The van der Waals surface area contributed by atoms with Crippen LogP contribution in [0.2, 0.25) is 0 Å². The molecule has 0 aliphatic heterocycles. The minimum Gasteiger partial charge on any atom is -0.447 e. The van der Waals surface area contributed by atoms with Crippen molar-refractivity contribution in [3.05, 3.63) is 64.7 Å². The van der Waals surface area contributed by atoms with E-state index in [-0.39, 0.29) is 47.9 Å². The van der Waals surface area contributed by atoms with Gasteiger partial charge in [0.2, 0.25) is 9.03 Å². The van der Waals surface area contributed by atoms with Crippen LogP contribution in [-0.4, -0.2) is 67.1 Å². The molecule has 52 heavy (non-hydrogen) atoms. The first-order valence-electron chi connectivity index (χ1n) is 16.6. The van der Waals surface area contributed by atoms with E-state index < -0.39 is 38.8 Å². The highest BCUT2D eigenvalue weighted by molar-refractivity contribution is 7.26. The summed E-state index contributed by atoms with van der Waals surface area (Å²) < 4.78 is 44.5. The van der Waals surface area contributed by atoms with E-state index in [1.807, 2.05) is 45.9 Å². The van der Waals surface area contributed by atoms with Crippen molar-refractivity contribution in [3.8, 4) is 5.75 Å². The van der Waals surface area contributed by atoms with Crippen molar-refractivity contribution in [2.75, 3.05) is 12.4 Å². The average Bonchev–Trinajstić information content (AvgIpc) is 3.75. The normalized spacial score (nSPS) is 17.5. The molecule has 5 rings (SSSR count). The Morgan fingerprint density at radius 2 is 1.92 bits per heavy atom. The molecule has 18 heteroatoms. The lowest BCUT2D eigenvalue weighted by atomic mass is 9.78. The first-order chi connectivity index (χ1) is 24.3. The van der Waals surface area contributed by atoms with Crippen molar-refractivity contribution in [1.29, 1.82) is 0 Å². The lowest BCUT2D eigenvalue weighted by Crippen LogP contribution is -2.35. The molecule has 5 unspecified atom stereocenters. The minimum atomic E-state index is -1.38. The van der Waals surface area contributed by atoms with Crippen molar-refractivity contribution in [2.24, 2.45) is 0 Å². The number of nitrogens with zero attached hydrogens (tertiary/aromatic N) is 5. The van der Waals surface area contributed by atoms with Crippen LogP contribution in [0.3, 0.4) is 0 Å². The lowest BCUT2D eigenvalue weighted by molar-refractivity contribution is -0.149. The predicted octanol–water partition coefficient (Wildman–Crippen LogP) is 6.45. The van der Waals surface area contributed by atoms with E-state index >= 15 is 4.39 Å². The number of amides is 1. The summed E-state index contributed by atoms with van der Waals surface area (Å²) in [4.78, 5) is 30.1. The van der Waals surface area contributed by atoms with Crippen molar-refractivity contribution in [3.63, 3.8) is 0 Å². The molecule has 284 valence electrons. The van der Waals surface area contributed by atoms with Gasteiger partial charge in [-0.2, -0.15) is 24.8 Å². The van der Waals surface area contributed by atoms with E-state index in [1.54, 1.807) is 43.9 Å². The summed E-state index contributed by atoms with van der Waals surface area (Å²) in [6.45, 7) is 11.3. The van der Waals surface area contributed by atoms with Crippen LogP contribution < -0.4 is 15.2 Å². The van der Waals surface area contributed by atoms with E-state index in [0.29, 0.717) is 40.9 Å². The Balaban J connectivity index is 0.00000605. The molecule has 4 aromatic rings. The van der Waals surface area contributed by atoms with Gasteiger partial charge in [0.1, 0.15) is 29.4 Å². The third-order valence-corrected chi connectivity index (χ3v) is 8.91. The number of rotatable bonds is 15. The lowest BCUT2D eigenvalue weighted by Gasteiger charge is -2.28. The van der Waals surface area contributed by atoms with Crippen LogP contribution in [0.25, 0.3) is 5.52 Å². The smallest absolute Gasteiger partial charge is 0.407 e. The van der Waals surface area contributed by atoms with Gasteiger partial charge in [-0.05, 0) is 63.8 Å². The van der Waals surface area contributed by atoms with Gasteiger partial charge in [0.15, 0.2) is 12.5 Å². The minimum absolute atomic E-state index is 0. The number of nitrogens with one attached hydrogen (secondary N) is 2. The maximum Gasteiger partial charge on any atom is 0.407 e. The van der Waals surface area contributed by atoms with Crippen molar-refractivity contribution >= 4 is 48.1 Å². The number of alkyl carbamates (subject to hydrolysis) is 1. The second-order valence-electron chi connectivity index (χ2n) is 13.6. The molecule has 0 radical (unpaired) electrons. The number of methoxy groups -OCH3 is 1. The molecule has 1 aromatic carbocycles. The second kappa shape index (κ2) is 17.7. The quantitative estimate of drug-likeness (QED) is 0.0524. The molecule has 0 spiro atoms. The number of halogens is 1. The molecular formula is C34H48FN7O8P2. The Hall–Kier alpha value is -3.94. The Labute approximate surface area is 306 Å². The van der Waals surface area contributed by atoms with E-state index in [4.69, 9.17) is 29.1 Å². The fourth-order valence-electron chi connectivity index (χ4n) is 6.54. The molecule has 1 fully saturated rings. The van der Waals surface area contributed by atoms with Gasteiger partial charge in [-0.15, -0.1) is 0 Å². The highest BCUT2D eigenvalue weighted by Crippen LogP contribution is 2.41. The first-order valence-corrected chi connectivity index (χ1v) is 17.4. The second-order valence-corrected chi connectivity index (χ2v) is 14.2. The molecule has 15 nitrogen and oxygen atoms in total. The van der Waals surface area contributed by atoms with Crippen LogP contribution in [0.1, 0.15) is 81.0 Å². The fourth-order valence-corrected chi connectivity index (χ4v) is 6.82. The maximum absolute atomic E-state index is 15.1. The third-order valence-electron chi connectivity index (χ3n) is 8.53. The molecule has 3 N–H and O–H groups in total. The number of hydrogen-bond donors (Lipinski definition) is 3. The molecular weight excluding hydrogens is 715 g/mol. The molecule has 1 saturated carbocycles. The van der Waals surface area contributed by atoms with E-state index in [1.165, 1.54) is 4.68 Å². The van der Waals surface area contributed by atoms with E-state index in [2.05, 4.69) is 25.4 Å². The Kier molecular flexibility index (Phi) is 13.9. The fraction of sp³-hybridized carbons (Fsp3) is 0.500. The summed E-state index contributed by atoms with van der Waals surface area (Å²) in [5.74, 6) is 0.544. The zero-order valence-corrected chi connectivity index (χ0v) is 32.8. The van der Waals surface area contributed by atoms with Crippen LogP contribution in [0.4, 0.5) is 20.8 Å². The number of benzene rings is 1. The predicted molar refractivity (Wildman–Crippen MR) is 198 cm³/mol. The standard InChI is InChI=1S/C34H45FN7O8P.H3P/c1-19(2)37-33(44)48-27-13-22(12-24(27)35)25-15-29(38-32-26-14-23(17-46-7)39-41(26)9-8-36-32)42(40-25)18-47-30(43)16-34(5,6)31-21(4)10-20(3)11-28(31)49-51-50-45;/h8-11,14-15,19,22,24,27,45,51H,12-13,16-18H2,1-7H3,(H,36,38)(H,37,44);1H3. The van der Waals surface area contributed by atoms with Crippen LogP contribution >= 0.6 is 18.9 Å². The number of aromatic nitrogens is 5. The number of hydrogen-bond acceptors (Lipinski definition) is 12. The SMILES string of the molecule is COCc1cc2c(Nc3cc(C4CC(F)C(OC(=O)NC(C)C)C4)nn3COC(=O)CC(C)(C)c3c(C)cc(C)cc3OPOO)nccn2n1.P. The molecule has 0 saturated heterocycles. The van der Waals surface area contributed by atoms with E-state index in [9.17, 15) is 9.59 Å². The van der Waals surface area contributed by atoms with Crippen LogP contribution in [0.5, 0.6) is 5.75 Å². The van der Waals surface area contributed by atoms with Crippen LogP contribution in [0, 0.1) is 13.8 Å². The van der Waals surface area contributed by atoms with Gasteiger partial charge in [0, 0.05) is 48.5 Å². The van der Waals surface area contributed by atoms with Gasteiger partial charge in [0.25, 0.3) is 0 Å². The summed E-state index contributed by atoms with van der Waals surface area (Å²) >= 11 is 0. The number of fused-ring (bicyclic) bond motifs is 1. The van der Waals surface area contributed by atoms with Gasteiger partial charge in [-0.1, -0.05) is 19.9 Å². The summed E-state index contributed by atoms with van der Waals surface area (Å²) in [6, 6.07) is 7.27. The molecule has 1 aliphatic rings. The summed E-state index contributed by atoms with van der Waals surface area (Å²) in [6.07, 6.45) is 0.658. The number of carbonyl (C=O) groups is 2. The van der Waals surface area contributed by atoms with Crippen LogP contribution in [-0.2, 0) is 42.4 Å². The Morgan fingerprint density at radius 1 is 1.15 bits per heavy atom. The zero-order valence-electron chi connectivity index (χ0n) is 30.4. The number of ether oxygens (including phenoxy) is 3. The number of anilines is 2.